The summed E-state index contributed by atoms with van der Waals surface area (Å²) in [7, 11) is 1.58. The van der Waals surface area contributed by atoms with Crippen LogP contribution in [-0.4, -0.2) is 36.4 Å². The number of hydrogen-bond donors (Lipinski definition) is 1. The van der Waals surface area contributed by atoms with Gasteiger partial charge in [0, 0.05) is 13.6 Å². The number of likely N-dealkylation sites (N-methyl/N-ethyl adjacent to an activating group) is 1. The molecule has 0 spiro atoms. The standard InChI is InChI=1S/C22H27BrN2O3/c1-4-16-11-12-20(18(23)13-16)28-15-21(26)25(19(5-2)22(27)24-3)14-17-9-7-6-8-10-17/h6-13,19H,4-5,14-15H2,1-3H3,(H,24,27)/t19-/m0/s1. The molecule has 5 nitrogen and oxygen atoms in total. The summed E-state index contributed by atoms with van der Waals surface area (Å²) in [5.41, 5.74) is 2.15. The molecule has 2 amide bonds. The second kappa shape index (κ2) is 10.9. The van der Waals surface area contributed by atoms with Gasteiger partial charge in [-0.3, -0.25) is 9.59 Å². The highest BCUT2D eigenvalue weighted by atomic mass is 79.9. The SMILES string of the molecule is CCc1ccc(OCC(=O)N(Cc2ccccc2)[C@@H](CC)C(=O)NC)c(Br)c1. The fourth-order valence-electron chi connectivity index (χ4n) is 2.97. The number of ether oxygens (including phenoxy) is 1. The number of nitrogens with one attached hydrogen (secondary N) is 1. The fourth-order valence-corrected chi connectivity index (χ4v) is 3.51. The molecule has 1 atom stereocenters. The lowest BCUT2D eigenvalue weighted by Crippen LogP contribution is -2.49. The maximum absolute atomic E-state index is 13.0. The molecule has 0 aliphatic rings. The van der Waals surface area contributed by atoms with Crippen LogP contribution in [0.15, 0.2) is 53.0 Å². The van der Waals surface area contributed by atoms with Gasteiger partial charge in [-0.15, -0.1) is 0 Å². The molecular formula is C22H27BrN2O3. The summed E-state index contributed by atoms with van der Waals surface area (Å²) < 4.78 is 6.57. The van der Waals surface area contributed by atoms with E-state index in [1.807, 2.05) is 55.5 Å². The fraction of sp³-hybridized carbons (Fsp3) is 0.364. The molecule has 28 heavy (non-hydrogen) atoms. The second-order valence-corrected chi connectivity index (χ2v) is 7.31. The third kappa shape index (κ3) is 5.83. The van der Waals surface area contributed by atoms with Crippen molar-refractivity contribution in [3.8, 4) is 5.75 Å². The number of amides is 2. The average Bonchev–Trinajstić information content (AvgIpc) is 2.72. The van der Waals surface area contributed by atoms with Gasteiger partial charge in [0.2, 0.25) is 5.91 Å². The normalized spacial score (nSPS) is 11.6. The second-order valence-electron chi connectivity index (χ2n) is 6.45. The summed E-state index contributed by atoms with van der Waals surface area (Å²) in [6.07, 6.45) is 1.44. The first-order chi connectivity index (χ1) is 13.5. The number of carbonyl (C=O) groups is 2. The molecule has 0 aromatic heterocycles. The van der Waals surface area contributed by atoms with Crippen LogP contribution in [0.3, 0.4) is 0 Å². The highest BCUT2D eigenvalue weighted by Gasteiger charge is 2.28. The summed E-state index contributed by atoms with van der Waals surface area (Å²) in [5, 5.41) is 2.65. The smallest absolute Gasteiger partial charge is 0.261 e. The molecule has 0 aliphatic carbocycles. The van der Waals surface area contributed by atoms with Crippen molar-refractivity contribution in [2.24, 2.45) is 0 Å². The summed E-state index contributed by atoms with van der Waals surface area (Å²) in [6.45, 7) is 4.19. The number of carbonyl (C=O) groups excluding carboxylic acids is 2. The van der Waals surface area contributed by atoms with Gasteiger partial charge in [0.1, 0.15) is 11.8 Å². The molecule has 6 heteroatoms. The van der Waals surface area contributed by atoms with Crippen LogP contribution < -0.4 is 10.1 Å². The van der Waals surface area contributed by atoms with Gasteiger partial charge in [0.05, 0.1) is 4.47 Å². The van der Waals surface area contributed by atoms with E-state index in [1.54, 1.807) is 11.9 Å². The van der Waals surface area contributed by atoms with Crippen LogP contribution >= 0.6 is 15.9 Å². The molecule has 0 radical (unpaired) electrons. The first-order valence-electron chi connectivity index (χ1n) is 9.46. The Morgan fingerprint density at radius 1 is 1.11 bits per heavy atom. The zero-order valence-electron chi connectivity index (χ0n) is 16.6. The van der Waals surface area contributed by atoms with Crippen molar-refractivity contribution in [2.45, 2.75) is 39.3 Å². The van der Waals surface area contributed by atoms with E-state index in [9.17, 15) is 9.59 Å². The minimum atomic E-state index is -0.549. The maximum Gasteiger partial charge on any atom is 0.261 e. The Kier molecular flexibility index (Phi) is 8.51. The lowest BCUT2D eigenvalue weighted by atomic mass is 10.1. The summed E-state index contributed by atoms with van der Waals surface area (Å²) >= 11 is 3.49. The highest BCUT2D eigenvalue weighted by molar-refractivity contribution is 9.10. The monoisotopic (exact) mass is 446 g/mol. The number of rotatable bonds is 9. The predicted molar refractivity (Wildman–Crippen MR) is 114 cm³/mol. The van der Waals surface area contributed by atoms with E-state index >= 15 is 0 Å². The number of aryl methyl sites for hydroxylation is 1. The van der Waals surface area contributed by atoms with Crippen molar-refractivity contribution in [3.63, 3.8) is 0 Å². The van der Waals surface area contributed by atoms with E-state index in [4.69, 9.17) is 4.74 Å². The Morgan fingerprint density at radius 3 is 2.39 bits per heavy atom. The Bertz CT molecular complexity index is 796. The molecule has 0 fully saturated rings. The van der Waals surface area contributed by atoms with E-state index < -0.39 is 6.04 Å². The van der Waals surface area contributed by atoms with Crippen LogP contribution in [0.1, 0.15) is 31.4 Å². The number of benzene rings is 2. The summed E-state index contributed by atoms with van der Waals surface area (Å²) in [4.78, 5) is 26.9. The minimum Gasteiger partial charge on any atom is -0.483 e. The first-order valence-corrected chi connectivity index (χ1v) is 10.3. The number of hydrogen-bond acceptors (Lipinski definition) is 3. The molecule has 150 valence electrons. The van der Waals surface area contributed by atoms with Crippen LogP contribution in [0.2, 0.25) is 0 Å². The minimum absolute atomic E-state index is 0.135. The van der Waals surface area contributed by atoms with Crippen molar-refractivity contribution in [2.75, 3.05) is 13.7 Å². The maximum atomic E-state index is 13.0. The quantitative estimate of drug-likeness (QED) is 0.634. The van der Waals surface area contributed by atoms with Gasteiger partial charge < -0.3 is 15.0 Å². The third-order valence-corrected chi connectivity index (χ3v) is 5.20. The summed E-state index contributed by atoms with van der Waals surface area (Å²) in [6, 6.07) is 14.9. The van der Waals surface area contributed by atoms with Crippen molar-refractivity contribution in [3.05, 3.63) is 64.1 Å². The van der Waals surface area contributed by atoms with Crippen LogP contribution in [0.25, 0.3) is 0 Å². The van der Waals surface area contributed by atoms with Gasteiger partial charge in [-0.1, -0.05) is 50.2 Å². The molecule has 1 N–H and O–H groups in total. The highest BCUT2D eigenvalue weighted by Crippen LogP contribution is 2.26. The lowest BCUT2D eigenvalue weighted by Gasteiger charge is -2.30. The Balaban J connectivity index is 2.16. The van der Waals surface area contributed by atoms with E-state index in [1.165, 1.54) is 5.56 Å². The lowest BCUT2D eigenvalue weighted by molar-refractivity contribution is -0.142. The predicted octanol–water partition coefficient (Wildman–Crippen LogP) is 3.94. The topological polar surface area (TPSA) is 58.6 Å². The van der Waals surface area contributed by atoms with Gasteiger partial charge in [-0.05, 0) is 52.0 Å². The van der Waals surface area contributed by atoms with Gasteiger partial charge in [-0.25, -0.2) is 0 Å². The third-order valence-electron chi connectivity index (χ3n) is 4.58. The molecule has 0 bridgehead atoms. The van der Waals surface area contributed by atoms with E-state index in [0.29, 0.717) is 18.7 Å². The molecule has 0 aliphatic heterocycles. The van der Waals surface area contributed by atoms with Gasteiger partial charge in [0.25, 0.3) is 5.91 Å². The molecule has 0 saturated carbocycles. The van der Waals surface area contributed by atoms with E-state index in [-0.39, 0.29) is 18.4 Å². The van der Waals surface area contributed by atoms with Crippen LogP contribution in [0.4, 0.5) is 0 Å². The van der Waals surface area contributed by atoms with Gasteiger partial charge in [-0.2, -0.15) is 0 Å². The number of nitrogens with zero attached hydrogens (tertiary/aromatic N) is 1. The molecule has 0 saturated heterocycles. The Morgan fingerprint density at radius 2 is 1.82 bits per heavy atom. The van der Waals surface area contributed by atoms with Crippen molar-refractivity contribution >= 4 is 27.7 Å². The molecule has 0 heterocycles. The van der Waals surface area contributed by atoms with Crippen molar-refractivity contribution in [1.82, 2.24) is 10.2 Å². The zero-order chi connectivity index (χ0) is 20.5. The van der Waals surface area contributed by atoms with Crippen LogP contribution in [0.5, 0.6) is 5.75 Å². The van der Waals surface area contributed by atoms with E-state index in [0.717, 1.165) is 16.5 Å². The van der Waals surface area contributed by atoms with Gasteiger partial charge >= 0.3 is 0 Å². The van der Waals surface area contributed by atoms with Gasteiger partial charge in [0.15, 0.2) is 6.61 Å². The Labute approximate surface area is 175 Å². The van der Waals surface area contributed by atoms with Crippen molar-refractivity contribution < 1.29 is 14.3 Å². The zero-order valence-corrected chi connectivity index (χ0v) is 18.2. The Hall–Kier alpha value is -2.34. The first kappa shape index (κ1) is 22.0. The van der Waals surface area contributed by atoms with Crippen LogP contribution in [-0.2, 0) is 22.6 Å². The van der Waals surface area contributed by atoms with E-state index in [2.05, 4.69) is 28.2 Å². The molecule has 0 unspecified atom stereocenters. The average molecular weight is 447 g/mol. The molecule has 2 aromatic carbocycles. The number of halogens is 1. The van der Waals surface area contributed by atoms with Crippen LogP contribution in [0, 0.1) is 0 Å². The summed E-state index contributed by atoms with van der Waals surface area (Å²) in [5.74, 6) is 0.198. The molecular weight excluding hydrogens is 420 g/mol. The molecule has 2 rings (SSSR count). The molecule has 2 aromatic rings. The largest absolute Gasteiger partial charge is 0.483 e. The van der Waals surface area contributed by atoms with Crippen molar-refractivity contribution in [1.29, 1.82) is 0 Å².